The Labute approximate surface area is 205 Å². The Balaban J connectivity index is 1.36. The number of rotatable bonds is 6. The van der Waals surface area contributed by atoms with E-state index in [0.29, 0.717) is 30.1 Å². The minimum absolute atomic E-state index is 0.111. The van der Waals surface area contributed by atoms with Crippen molar-refractivity contribution in [3.8, 4) is 5.75 Å². The molecular formula is C28H26N2O4S. The minimum atomic E-state index is -3.71. The molecule has 0 saturated carbocycles. The Morgan fingerprint density at radius 2 is 1.74 bits per heavy atom. The smallest absolute Gasteiger partial charge is 0.264 e. The molecule has 35 heavy (non-hydrogen) atoms. The number of hydrogen-bond acceptors (Lipinski definition) is 4. The van der Waals surface area contributed by atoms with Crippen molar-refractivity contribution < 1.29 is 17.9 Å². The van der Waals surface area contributed by atoms with Gasteiger partial charge >= 0.3 is 0 Å². The number of sulfonamides is 1. The van der Waals surface area contributed by atoms with Gasteiger partial charge in [-0.25, -0.2) is 8.42 Å². The number of methoxy groups -OCH3 is 1. The Morgan fingerprint density at radius 1 is 0.971 bits per heavy atom. The summed E-state index contributed by atoms with van der Waals surface area (Å²) in [5.74, 6) is 0.492. The third-order valence-corrected chi connectivity index (χ3v) is 8.15. The predicted molar refractivity (Wildman–Crippen MR) is 139 cm³/mol. The number of ether oxygens (including phenoxy) is 1. The summed E-state index contributed by atoms with van der Waals surface area (Å²) in [5.41, 5.74) is 3.18. The number of hydrogen-bond donors (Lipinski definition) is 1. The molecule has 178 valence electrons. The van der Waals surface area contributed by atoms with Gasteiger partial charge in [0.15, 0.2) is 0 Å². The molecule has 5 rings (SSSR count). The summed E-state index contributed by atoms with van der Waals surface area (Å²) >= 11 is 0. The quantitative estimate of drug-likeness (QED) is 0.408. The molecule has 6 nitrogen and oxygen atoms in total. The fourth-order valence-electron chi connectivity index (χ4n) is 4.59. The van der Waals surface area contributed by atoms with Crippen molar-refractivity contribution in [2.45, 2.75) is 24.2 Å². The van der Waals surface area contributed by atoms with Gasteiger partial charge in [-0.15, -0.1) is 0 Å². The van der Waals surface area contributed by atoms with E-state index in [1.54, 1.807) is 43.5 Å². The highest BCUT2D eigenvalue weighted by Gasteiger charge is 2.29. The number of benzene rings is 4. The van der Waals surface area contributed by atoms with Crippen LogP contribution in [0.3, 0.4) is 0 Å². The van der Waals surface area contributed by atoms with Gasteiger partial charge in [-0.2, -0.15) is 0 Å². The van der Waals surface area contributed by atoms with Gasteiger partial charge in [0.2, 0.25) is 5.91 Å². The first-order valence-corrected chi connectivity index (χ1v) is 13.0. The summed E-state index contributed by atoms with van der Waals surface area (Å²) in [7, 11) is -2.16. The highest BCUT2D eigenvalue weighted by Crippen LogP contribution is 2.34. The fraction of sp³-hybridized carbons (Fsp3) is 0.179. The van der Waals surface area contributed by atoms with Crippen LogP contribution in [-0.2, 0) is 27.7 Å². The monoisotopic (exact) mass is 486 g/mol. The molecule has 0 bridgehead atoms. The summed E-state index contributed by atoms with van der Waals surface area (Å²) in [5, 5.41) is 5.15. The molecule has 1 heterocycles. The minimum Gasteiger partial charge on any atom is -0.497 e. The number of fused-ring (bicyclic) bond motifs is 2. The summed E-state index contributed by atoms with van der Waals surface area (Å²) in [6, 6.07) is 25.8. The summed E-state index contributed by atoms with van der Waals surface area (Å²) in [6.45, 7) is 0.411. The summed E-state index contributed by atoms with van der Waals surface area (Å²) < 4.78 is 33.3. The molecule has 1 aliphatic rings. The first-order chi connectivity index (χ1) is 17.0. The third kappa shape index (κ3) is 4.59. The molecule has 0 fully saturated rings. The highest BCUT2D eigenvalue weighted by atomic mass is 32.2. The van der Waals surface area contributed by atoms with Crippen LogP contribution in [0, 0.1) is 0 Å². The van der Waals surface area contributed by atoms with Gasteiger partial charge in [0, 0.05) is 12.2 Å². The number of amides is 1. The molecule has 1 aliphatic heterocycles. The van der Waals surface area contributed by atoms with Gasteiger partial charge in [-0.05, 0) is 77.2 Å². The van der Waals surface area contributed by atoms with Crippen molar-refractivity contribution in [1.29, 1.82) is 0 Å². The van der Waals surface area contributed by atoms with E-state index in [4.69, 9.17) is 4.74 Å². The van der Waals surface area contributed by atoms with Crippen molar-refractivity contribution in [3.63, 3.8) is 0 Å². The summed E-state index contributed by atoms with van der Waals surface area (Å²) in [6.07, 6.45) is 1.71. The average Bonchev–Trinajstić information content (AvgIpc) is 2.88. The van der Waals surface area contributed by atoms with E-state index in [2.05, 4.69) is 5.32 Å². The number of anilines is 2. The molecule has 1 amide bonds. The lowest BCUT2D eigenvalue weighted by molar-refractivity contribution is -0.115. The van der Waals surface area contributed by atoms with Gasteiger partial charge in [0.1, 0.15) is 5.75 Å². The molecule has 4 aromatic carbocycles. The van der Waals surface area contributed by atoms with Crippen LogP contribution < -0.4 is 14.4 Å². The molecule has 0 saturated heterocycles. The van der Waals surface area contributed by atoms with E-state index in [1.165, 1.54) is 4.31 Å². The molecule has 0 unspecified atom stereocenters. The van der Waals surface area contributed by atoms with E-state index in [1.807, 2.05) is 48.5 Å². The summed E-state index contributed by atoms with van der Waals surface area (Å²) in [4.78, 5) is 13.0. The second-order valence-electron chi connectivity index (χ2n) is 8.56. The molecule has 0 aliphatic carbocycles. The maximum atomic E-state index is 13.3. The predicted octanol–water partition coefficient (Wildman–Crippen LogP) is 5.17. The molecule has 0 atom stereocenters. The molecule has 4 aromatic rings. The van der Waals surface area contributed by atoms with Gasteiger partial charge in [-0.1, -0.05) is 42.5 Å². The largest absolute Gasteiger partial charge is 0.497 e. The van der Waals surface area contributed by atoms with Crippen molar-refractivity contribution in [1.82, 2.24) is 0 Å². The van der Waals surface area contributed by atoms with E-state index in [0.717, 1.165) is 28.3 Å². The molecule has 0 radical (unpaired) electrons. The van der Waals surface area contributed by atoms with Crippen LogP contribution in [0.2, 0.25) is 0 Å². The maximum absolute atomic E-state index is 13.3. The highest BCUT2D eigenvalue weighted by molar-refractivity contribution is 7.92. The number of nitrogens with one attached hydrogen (secondary N) is 1. The zero-order valence-electron chi connectivity index (χ0n) is 19.4. The molecule has 1 N–H and O–H groups in total. The number of aryl methyl sites for hydroxylation is 1. The number of nitrogens with zero attached hydrogens (tertiary/aromatic N) is 1. The standard InChI is InChI=1S/C28H26N2O4S/c1-34-24-12-14-25(15-13-24)35(32,33)30-17-5-9-22-18-23(11-16-27(22)30)29-28(31)19-21-8-4-7-20-6-2-3-10-26(20)21/h2-4,6-8,10-16,18H,5,9,17,19H2,1H3,(H,29,31). The first-order valence-electron chi connectivity index (χ1n) is 11.5. The Morgan fingerprint density at radius 3 is 2.54 bits per heavy atom. The van der Waals surface area contributed by atoms with Crippen LogP contribution in [0.4, 0.5) is 11.4 Å². The van der Waals surface area contributed by atoms with Crippen molar-refractivity contribution in [2.75, 3.05) is 23.3 Å². The maximum Gasteiger partial charge on any atom is 0.264 e. The average molecular weight is 487 g/mol. The van der Waals surface area contributed by atoms with Crippen molar-refractivity contribution >= 4 is 38.1 Å². The Kier molecular flexibility index (Phi) is 6.17. The van der Waals surface area contributed by atoms with E-state index >= 15 is 0 Å². The molecule has 7 heteroatoms. The topological polar surface area (TPSA) is 75.7 Å². The van der Waals surface area contributed by atoms with Gasteiger partial charge in [-0.3, -0.25) is 9.10 Å². The van der Waals surface area contributed by atoms with Crippen LogP contribution in [0.1, 0.15) is 17.5 Å². The SMILES string of the molecule is COc1ccc(S(=O)(=O)N2CCCc3cc(NC(=O)Cc4cccc5ccccc45)ccc32)cc1. The van der Waals surface area contributed by atoms with Crippen LogP contribution >= 0.6 is 0 Å². The zero-order valence-corrected chi connectivity index (χ0v) is 20.2. The van der Waals surface area contributed by atoms with Crippen LogP contribution in [0.15, 0.2) is 89.8 Å². The van der Waals surface area contributed by atoms with Crippen LogP contribution in [0.5, 0.6) is 5.75 Å². The van der Waals surface area contributed by atoms with E-state index in [-0.39, 0.29) is 17.2 Å². The first kappa shape index (κ1) is 22.9. The van der Waals surface area contributed by atoms with Gasteiger partial charge in [0.25, 0.3) is 10.0 Å². The van der Waals surface area contributed by atoms with Crippen LogP contribution in [0.25, 0.3) is 10.8 Å². The third-order valence-electron chi connectivity index (χ3n) is 6.32. The second kappa shape index (κ2) is 9.43. The van der Waals surface area contributed by atoms with Crippen molar-refractivity contribution in [2.24, 2.45) is 0 Å². The van der Waals surface area contributed by atoms with Gasteiger partial charge < -0.3 is 10.1 Å². The normalized spacial score (nSPS) is 13.3. The molecule has 0 aromatic heterocycles. The van der Waals surface area contributed by atoms with E-state index < -0.39 is 10.0 Å². The zero-order chi connectivity index (χ0) is 24.4. The number of carbonyl (C=O) groups is 1. The molecule has 0 spiro atoms. The van der Waals surface area contributed by atoms with Crippen LogP contribution in [-0.4, -0.2) is 28.0 Å². The van der Waals surface area contributed by atoms with Crippen molar-refractivity contribution in [3.05, 3.63) is 96.1 Å². The lowest BCUT2D eigenvalue weighted by Gasteiger charge is -2.31. The lowest BCUT2D eigenvalue weighted by atomic mass is 10.0. The second-order valence-corrected chi connectivity index (χ2v) is 10.4. The Hall–Kier alpha value is -3.84. The molecular weight excluding hydrogens is 460 g/mol. The fourth-order valence-corrected chi connectivity index (χ4v) is 6.13. The Bertz CT molecular complexity index is 1490. The van der Waals surface area contributed by atoms with E-state index in [9.17, 15) is 13.2 Å². The van der Waals surface area contributed by atoms with Gasteiger partial charge in [0.05, 0.1) is 24.1 Å². The number of carbonyl (C=O) groups excluding carboxylic acids is 1. The lowest BCUT2D eigenvalue weighted by Crippen LogP contribution is -2.35.